The van der Waals surface area contributed by atoms with Crippen LogP contribution in [0.3, 0.4) is 0 Å². The number of fused-ring (bicyclic) bond motifs is 6. The zero-order valence-electron chi connectivity index (χ0n) is 12.9. The lowest BCUT2D eigenvalue weighted by Gasteiger charge is -2.39. The van der Waals surface area contributed by atoms with Gasteiger partial charge < -0.3 is 4.74 Å². The third-order valence-corrected chi connectivity index (χ3v) is 6.28. The number of aromatic nitrogens is 1. The molecule has 3 aromatic rings. The van der Waals surface area contributed by atoms with Crippen LogP contribution in [-0.2, 0) is 0 Å². The molecule has 4 nitrogen and oxygen atoms in total. The van der Waals surface area contributed by atoms with Gasteiger partial charge in [-0.15, -0.1) is 11.3 Å². The summed E-state index contributed by atoms with van der Waals surface area (Å²) in [6, 6.07) is 11.9. The van der Waals surface area contributed by atoms with Gasteiger partial charge in [0.1, 0.15) is 5.75 Å². The number of hydrogen-bond donors (Lipinski definition) is 0. The highest BCUT2D eigenvalue weighted by Crippen LogP contribution is 2.42. The number of benzene rings is 1. The van der Waals surface area contributed by atoms with Crippen LogP contribution in [0, 0.1) is 0 Å². The van der Waals surface area contributed by atoms with Crippen molar-refractivity contribution in [3.05, 3.63) is 71.9 Å². The van der Waals surface area contributed by atoms with Crippen LogP contribution in [-0.4, -0.2) is 10.3 Å². The molecule has 120 valence electrons. The minimum absolute atomic E-state index is 0.0123. The Morgan fingerprint density at radius 3 is 3.04 bits per heavy atom. The van der Waals surface area contributed by atoms with Crippen molar-refractivity contribution in [2.45, 2.75) is 25.1 Å². The Bertz CT molecular complexity index is 1110. The lowest BCUT2D eigenvalue weighted by molar-refractivity contribution is 0.0410. The fraction of sp³-hybridized carbons (Fsp3) is 0.222. The molecule has 0 radical (unpaired) electrons. The number of hydrogen-bond acceptors (Lipinski definition) is 5. The summed E-state index contributed by atoms with van der Waals surface area (Å²) < 4.78 is 8.69. The maximum atomic E-state index is 13.0. The van der Waals surface area contributed by atoms with Crippen molar-refractivity contribution in [1.82, 2.24) is 4.57 Å². The second kappa shape index (κ2) is 4.91. The van der Waals surface area contributed by atoms with E-state index in [0.717, 1.165) is 25.5 Å². The Hall–Kier alpha value is -2.18. The van der Waals surface area contributed by atoms with Gasteiger partial charge >= 0.3 is 0 Å². The monoisotopic (exact) mass is 354 g/mol. The van der Waals surface area contributed by atoms with E-state index in [-0.39, 0.29) is 11.6 Å². The molecule has 4 heterocycles. The van der Waals surface area contributed by atoms with Crippen molar-refractivity contribution < 1.29 is 4.74 Å². The maximum absolute atomic E-state index is 13.0. The molecule has 0 spiro atoms. The van der Waals surface area contributed by atoms with Gasteiger partial charge in [-0.05, 0) is 30.5 Å². The van der Waals surface area contributed by atoms with E-state index < -0.39 is 5.72 Å². The van der Waals surface area contributed by atoms with Gasteiger partial charge in [0.05, 0.1) is 10.6 Å². The highest BCUT2D eigenvalue weighted by molar-refractivity contribution is 7.11. The summed E-state index contributed by atoms with van der Waals surface area (Å²) in [6.07, 6.45) is 2.64. The van der Waals surface area contributed by atoms with Gasteiger partial charge in [0.25, 0.3) is 5.56 Å². The molecule has 1 aromatic carbocycles. The first kappa shape index (κ1) is 14.2. The Kier molecular flexibility index (Phi) is 2.90. The van der Waals surface area contributed by atoms with E-state index in [2.05, 4.69) is 0 Å². The summed E-state index contributed by atoms with van der Waals surface area (Å²) in [5.74, 6) is 0.826. The van der Waals surface area contributed by atoms with E-state index >= 15 is 0 Å². The highest BCUT2D eigenvalue weighted by atomic mass is 32.1. The number of para-hydroxylation sites is 1. The van der Waals surface area contributed by atoms with Crippen LogP contribution in [0.15, 0.2) is 51.6 Å². The smallest absolute Gasteiger partial charge is 0.270 e. The predicted octanol–water partition coefficient (Wildman–Crippen LogP) is 2.52. The van der Waals surface area contributed by atoms with Gasteiger partial charge in [0.15, 0.2) is 4.80 Å². The molecule has 0 amide bonds. The van der Waals surface area contributed by atoms with Crippen LogP contribution >= 0.6 is 22.7 Å². The molecule has 0 aliphatic carbocycles. The first-order valence-corrected chi connectivity index (χ1v) is 9.47. The predicted molar refractivity (Wildman–Crippen MR) is 95.5 cm³/mol. The van der Waals surface area contributed by atoms with Gasteiger partial charge in [0, 0.05) is 16.9 Å². The summed E-state index contributed by atoms with van der Waals surface area (Å²) in [4.78, 5) is 19.6. The van der Waals surface area contributed by atoms with Crippen molar-refractivity contribution >= 4 is 28.7 Å². The highest BCUT2D eigenvalue weighted by Gasteiger charge is 2.42. The Morgan fingerprint density at radius 2 is 2.21 bits per heavy atom. The van der Waals surface area contributed by atoms with Crippen LogP contribution in [0.1, 0.15) is 29.8 Å². The topological polar surface area (TPSA) is 43.6 Å². The fourth-order valence-corrected chi connectivity index (χ4v) is 5.29. The molecule has 0 saturated carbocycles. The summed E-state index contributed by atoms with van der Waals surface area (Å²) in [7, 11) is 0. The molecule has 0 unspecified atom stereocenters. The van der Waals surface area contributed by atoms with Crippen molar-refractivity contribution in [2.75, 3.05) is 0 Å². The van der Waals surface area contributed by atoms with Crippen LogP contribution in [0.5, 0.6) is 5.75 Å². The standard InChI is InChI=1S/C18H14N2O2S2/c1-18-10-13(12-6-2-3-7-14(12)22-18)20-16(21)15(24-17(20)19-18)9-11-5-4-8-23-11/h2-9,13H,10H2,1H3/b15-9-/t13-,18-/m0/s1. The molecule has 2 bridgehead atoms. The van der Waals surface area contributed by atoms with Crippen LogP contribution in [0.25, 0.3) is 6.08 Å². The molecule has 24 heavy (non-hydrogen) atoms. The molecule has 2 aliphatic heterocycles. The summed E-state index contributed by atoms with van der Waals surface area (Å²) in [6.45, 7) is 1.99. The lowest BCUT2D eigenvalue weighted by atomic mass is 9.93. The molecule has 2 aliphatic rings. The molecule has 0 N–H and O–H groups in total. The summed E-state index contributed by atoms with van der Waals surface area (Å²) in [5, 5.41) is 2.01. The molecule has 2 aromatic heterocycles. The number of ether oxygens (including phenoxy) is 1. The van der Waals surface area contributed by atoms with Crippen LogP contribution in [0.2, 0.25) is 0 Å². The minimum atomic E-state index is -0.601. The molecule has 0 saturated heterocycles. The second-order valence-corrected chi connectivity index (χ2v) is 8.22. The van der Waals surface area contributed by atoms with Gasteiger partial charge in [0.2, 0.25) is 5.72 Å². The number of rotatable bonds is 1. The molecule has 5 rings (SSSR count). The van der Waals surface area contributed by atoms with Crippen molar-refractivity contribution in [2.24, 2.45) is 4.99 Å². The molecule has 2 atom stereocenters. The zero-order valence-corrected chi connectivity index (χ0v) is 14.6. The van der Waals surface area contributed by atoms with E-state index in [1.54, 1.807) is 11.3 Å². The second-order valence-electron chi connectivity index (χ2n) is 6.23. The van der Waals surface area contributed by atoms with Gasteiger partial charge in [-0.25, -0.2) is 4.99 Å². The van der Waals surface area contributed by atoms with Gasteiger partial charge in [-0.2, -0.15) is 0 Å². The van der Waals surface area contributed by atoms with Crippen LogP contribution in [0.4, 0.5) is 0 Å². The van der Waals surface area contributed by atoms with E-state index in [1.165, 1.54) is 11.3 Å². The zero-order chi connectivity index (χ0) is 16.3. The van der Waals surface area contributed by atoms with Crippen molar-refractivity contribution in [1.29, 1.82) is 0 Å². The first-order chi connectivity index (χ1) is 11.6. The van der Waals surface area contributed by atoms with Crippen LogP contribution < -0.4 is 19.6 Å². The third kappa shape index (κ3) is 2.03. The average Bonchev–Trinajstić information content (AvgIpc) is 3.16. The number of thiophene rings is 1. The minimum Gasteiger partial charge on any atom is -0.466 e. The van der Waals surface area contributed by atoms with E-state index in [4.69, 9.17) is 9.73 Å². The first-order valence-electron chi connectivity index (χ1n) is 7.77. The van der Waals surface area contributed by atoms with Crippen molar-refractivity contribution in [3.8, 4) is 5.75 Å². The lowest BCUT2D eigenvalue weighted by Crippen LogP contribution is -2.49. The molecular weight excluding hydrogens is 340 g/mol. The largest absolute Gasteiger partial charge is 0.466 e. The number of nitrogens with zero attached hydrogens (tertiary/aromatic N) is 2. The van der Waals surface area contributed by atoms with E-state index in [9.17, 15) is 4.79 Å². The van der Waals surface area contributed by atoms with Crippen molar-refractivity contribution in [3.63, 3.8) is 0 Å². The normalized spacial score (nSPS) is 24.7. The Labute approximate surface area is 146 Å². The van der Waals surface area contributed by atoms with E-state index in [0.29, 0.717) is 6.42 Å². The molecule has 0 fully saturated rings. The SMILES string of the molecule is C[C@@]12C[C@@H](c3ccccc3O1)n1c(s/c(=C\c3cccs3)c1=O)=N2. The maximum Gasteiger partial charge on any atom is 0.270 e. The van der Waals surface area contributed by atoms with Gasteiger partial charge in [-0.1, -0.05) is 35.6 Å². The third-order valence-electron chi connectivity index (χ3n) is 4.48. The summed E-state index contributed by atoms with van der Waals surface area (Å²) in [5.41, 5.74) is 0.501. The average molecular weight is 354 g/mol. The van der Waals surface area contributed by atoms with Gasteiger partial charge in [-0.3, -0.25) is 9.36 Å². The molecular formula is C18H14N2O2S2. The Balaban J connectivity index is 1.80. The fourth-order valence-electron chi connectivity index (χ4n) is 3.44. The quantitative estimate of drug-likeness (QED) is 0.674. The number of thiazole rings is 1. The summed E-state index contributed by atoms with van der Waals surface area (Å²) >= 11 is 3.07. The Morgan fingerprint density at radius 1 is 1.33 bits per heavy atom. The molecule has 6 heteroatoms. The van der Waals surface area contributed by atoms with E-state index in [1.807, 2.05) is 59.3 Å².